The molecule has 0 radical (unpaired) electrons. The highest BCUT2D eigenvalue weighted by molar-refractivity contribution is 7.04. The number of hydrogen-bond acceptors (Lipinski definition) is 0. The second-order valence-corrected chi connectivity index (χ2v) is 22.3. The van der Waals surface area contributed by atoms with Crippen molar-refractivity contribution in [1.29, 1.82) is 0 Å². The van der Waals surface area contributed by atoms with Crippen LogP contribution in [0.4, 0.5) is 0 Å². The largest absolute Gasteiger partial charge is 0.113 e. The van der Waals surface area contributed by atoms with E-state index in [1.165, 1.54) is 132 Å². The molecule has 2 aliphatic rings. The molecule has 11 aromatic carbocycles. The highest BCUT2D eigenvalue weighted by Gasteiger charge is 2.39. The number of hydrogen-bond donors (Lipinski definition) is 0. The molecule has 63 heavy (non-hydrogen) atoms. The zero-order chi connectivity index (χ0) is 41.8. The van der Waals surface area contributed by atoms with Crippen molar-refractivity contribution in [2.75, 3.05) is 0 Å². The number of fused-ring (bicyclic) bond motifs is 8. The topological polar surface area (TPSA) is 0 Å². The monoisotopic (exact) mass is 814 g/mol. The van der Waals surface area contributed by atoms with Gasteiger partial charge in [-0.2, -0.15) is 0 Å². The van der Waals surface area contributed by atoms with Crippen molar-refractivity contribution >= 4 is 50.8 Å². The second kappa shape index (κ2) is 13.7. The molecule has 294 valence electrons. The fraction of sp³-hybridized carbons (Fsp3) is 0.0323. The highest BCUT2D eigenvalue weighted by atomic mass is 28.3. The van der Waals surface area contributed by atoms with Crippen LogP contribution in [-0.2, 0) is 0 Å². The lowest BCUT2D eigenvalue weighted by atomic mass is 9.84. The average Bonchev–Trinajstić information content (AvgIpc) is 3.78. The van der Waals surface area contributed by atoms with Crippen molar-refractivity contribution in [2.45, 2.75) is 13.1 Å². The van der Waals surface area contributed by atoms with E-state index in [2.05, 4.69) is 231 Å². The van der Waals surface area contributed by atoms with Crippen molar-refractivity contribution in [3.8, 4) is 89.0 Å². The van der Waals surface area contributed by atoms with Gasteiger partial charge in [-0.05, 0) is 138 Å². The molecule has 0 amide bonds. The summed E-state index contributed by atoms with van der Waals surface area (Å²) in [6, 6.07) is 82.0. The molecular weight excluding hydrogens is 773 g/mol. The van der Waals surface area contributed by atoms with Crippen LogP contribution in [0, 0.1) is 0 Å². The van der Waals surface area contributed by atoms with E-state index >= 15 is 0 Å². The van der Waals surface area contributed by atoms with Gasteiger partial charge in [0.15, 0.2) is 0 Å². The summed E-state index contributed by atoms with van der Waals surface area (Å²) in [6.45, 7) is 5.13. The van der Waals surface area contributed by atoms with Gasteiger partial charge in [0, 0.05) is 0 Å². The Balaban J connectivity index is 1.03. The van der Waals surface area contributed by atoms with Gasteiger partial charge in [0.2, 0.25) is 0 Å². The molecule has 0 saturated heterocycles. The van der Waals surface area contributed by atoms with E-state index in [0.717, 1.165) is 0 Å². The van der Waals surface area contributed by atoms with E-state index in [9.17, 15) is 0 Å². The van der Waals surface area contributed by atoms with E-state index in [1.807, 2.05) is 0 Å². The summed E-state index contributed by atoms with van der Waals surface area (Å²) in [5.74, 6) is 0. The van der Waals surface area contributed by atoms with Crippen molar-refractivity contribution < 1.29 is 0 Å². The number of benzene rings is 11. The molecule has 0 N–H and O–H groups in total. The third-order valence-electron chi connectivity index (χ3n) is 14.2. The predicted octanol–water partition coefficient (Wildman–Crippen LogP) is 15.9. The molecule has 13 rings (SSSR count). The van der Waals surface area contributed by atoms with Gasteiger partial charge < -0.3 is 0 Å². The molecule has 0 unspecified atom stereocenters. The molecule has 0 saturated carbocycles. The molecule has 0 spiro atoms. The Morgan fingerprint density at radius 1 is 0.238 bits per heavy atom. The molecular formula is C62H42Si. The van der Waals surface area contributed by atoms with Crippen molar-refractivity contribution in [1.82, 2.24) is 0 Å². The summed E-state index contributed by atoms with van der Waals surface area (Å²) >= 11 is 0. The summed E-state index contributed by atoms with van der Waals surface area (Å²) in [5, 5.41) is 10.9. The maximum Gasteiger partial charge on any atom is 0.113 e. The third-order valence-corrected chi connectivity index (χ3v) is 17.8. The zero-order valence-corrected chi connectivity index (χ0v) is 36.3. The van der Waals surface area contributed by atoms with Gasteiger partial charge in [-0.3, -0.25) is 0 Å². The smallest absolute Gasteiger partial charge is 0.0622 e. The minimum atomic E-state index is -2.18. The Morgan fingerprint density at radius 3 is 1.25 bits per heavy atom. The summed E-state index contributed by atoms with van der Waals surface area (Å²) < 4.78 is 0. The SMILES string of the molecule is C[Si]1(C)c2cc(-c3ccc4c5c(cccc35)-c3ccccc3-4)ccc2-c2cc3c(-c4ccc(-c5ccccc5)cc4)c4ccccc4c(-c4ccc(-c5ccccc5)cc4)c3cc21. The van der Waals surface area contributed by atoms with E-state index in [0.29, 0.717) is 0 Å². The Labute approximate surface area is 369 Å². The van der Waals surface area contributed by atoms with Crippen molar-refractivity contribution in [3.05, 3.63) is 218 Å². The molecule has 1 heteroatoms. The first-order chi connectivity index (χ1) is 31.0. The van der Waals surface area contributed by atoms with Crippen LogP contribution in [0.15, 0.2) is 218 Å². The molecule has 1 aliphatic heterocycles. The molecule has 0 fully saturated rings. The molecule has 0 atom stereocenters. The van der Waals surface area contributed by atoms with Crippen LogP contribution < -0.4 is 10.4 Å². The van der Waals surface area contributed by atoms with Crippen LogP contribution in [0.3, 0.4) is 0 Å². The summed E-state index contributed by atoms with van der Waals surface area (Å²) in [7, 11) is -2.18. The standard InChI is InChI=1S/C62H42Si/c1-63(2)58-36-45(46-34-35-54-48-19-10-9-18-47(48)51-23-13-22-50(46)62(51)54)32-33-49(58)55-37-56-57(38-59(55)63)61(44-30-26-42(27-31-44)40-16-7-4-8-17-40)53-21-12-11-20-52(53)60(56)43-28-24-41(25-29-43)39-14-5-3-6-15-39/h3-38H,1-2H3. The lowest BCUT2D eigenvalue weighted by Crippen LogP contribution is -2.49. The Kier molecular flexibility index (Phi) is 7.86. The van der Waals surface area contributed by atoms with Crippen molar-refractivity contribution in [2.24, 2.45) is 0 Å². The van der Waals surface area contributed by atoms with Gasteiger partial charge in [-0.25, -0.2) is 0 Å². The van der Waals surface area contributed by atoms with Crippen LogP contribution in [0.1, 0.15) is 0 Å². The maximum absolute atomic E-state index is 2.61. The van der Waals surface area contributed by atoms with E-state index < -0.39 is 8.07 Å². The molecule has 1 aliphatic carbocycles. The first kappa shape index (κ1) is 36.1. The molecule has 11 aromatic rings. The Bertz CT molecular complexity index is 3620. The fourth-order valence-electron chi connectivity index (χ4n) is 11.2. The minimum Gasteiger partial charge on any atom is -0.0622 e. The molecule has 0 aromatic heterocycles. The van der Waals surface area contributed by atoms with E-state index in [4.69, 9.17) is 0 Å². The van der Waals surface area contributed by atoms with Crippen LogP contribution in [-0.4, -0.2) is 8.07 Å². The van der Waals surface area contributed by atoms with Crippen molar-refractivity contribution in [3.63, 3.8) is 0 Å². The van der Waals surface area contributed by atoms with Crippen LogP contribution in [0.2, 0.25) is 13.1 Å². The van der Waals surface area contributed by atoms with Gasteiger partial charge in [0.25, 0.3) is 0 Å². The van der Waals surface area contributed by atoms with Crippen LogP contribution in [0.5, 0.6) is 0 Å². The molecule has 1 heterocycles. The maximum atomic E-state index is 2.61. The van der Waals surface area contributed by atoms with E-state index in [1.54, 1.807) is 0 Å². The van der Waals surface area contributed by atoms with Gasteiger partial charge in [-0.15, -0.1) is 0 Å². The summed E-state index contributed by atoms with van der Waals surface area (Å²) in [4.78, 5) is 0. The first-order valence-electron chi connectivity index (χ1n) is 22.2. The normalized spacial score (nSPS) is 13.0. The lowest BCUT2D eigenvalue weighted by Gasteiger charge is -2.23. The second-order valence-electron chi connectivity index (χ2n) is 17.9. The lowest BCUT2D eigenvalue weighted by molar-refractivity contribution is 1.60. The van der Waals surface area contributed by atoms with Gasteiger partial charge in [0.05, 0.1) is 0 Å². The van der Waals surface area contributed by atoms with E-state index in [-0.39, 0.29) is 0 Å². The molecule has 0 bridgehead atoms. The summed E-state index contributed by atoms with van der Waals surface area (Å²) in [5.41, 5.74) is 20.8. The third kappa shape index (κ3) is 5.40. The van der Waals surface area contributed by atoms with Gasteiger partial charge in [-0.1, -0.05) is 225 Å². The summed E-state index contributed by atoms with van der Waals surface area (Å²) in [6.07, 6.45) is 0. The van der Waals surface area contributed by atoms with Gasteiger partial charge in [0.1, 0.15) is 8.07 Å². The minimum absolute atomic E-state index is 1.23. The Morgan fingerprint density at radius 2 is 0.651 bits per heavy atom. The van der Waals surface area contributed by atoms with Crippen LogP contribution in [0.25, 0.3) is 121 Å². The van der Waals surface area contributed by atoms with Gasteiger partial charge >= 0.3 is 0 Å². The highest BCUT2D eigenvalue weighted by Crippen LogP contribution is 2.50. The molecule has 0 nitrogen and oxygen atoms in total. The fourth-order valence-corrected chi connectivity index (χ4v) is 14.3. The number of rotatable bonds is 5. The first-order valence-corrected chi connectivity index (χ1v) is 25.2. The average molecular weight is 815 g/mol. The quantitative estimate of drug-likeness (QED) is 0.120. The Hall–Kier alpha value is -7.58. The van der Waals surface area contributed by atoms with Crippen LogP contribution >= 0.6 is 0 Å². The zero-order valence-electron chi connectivity index (χ0n) is 35.3. The predicted molar refractivity (Wildman–Crippen MR) is 273 cm³/mol.